The molecule has 0 atom stereocenters. The topological polar surface area (TPSA) is 111 Å². The lowest BCUT2D eigenvalue weighted by atomic mass is 10.1. The van der Waals surface area contributed by atoms with Gasteiger partial charge in [-0.1, -0.05) is 24.2 Å². The number of H-pyrrole nitrogens is 1. The molecular formula is C12H19N3O4S. The van der Waals surface area contributed by atoms with E-state index >= 15 is 0 Å². The van der Waals surface area contributed by atoms with Crippen LogP contribution in [0.1, 0.15) is 37.8 Å². The van der Waals surface area contributed by atoms with Gasteiger partial charge in [-0.2, -0.15) is 0 Å². The lowest BCUT2D eigenvalue weighted by Gasteiger charge is -2.06. The Morgan fingerprint density at radius 1 is 1.20 bits per heavy atom. The van der Waals surface area contributed by atoms with Gasteiger partial charge in [-0.3, -0.25) is 9.59 Å². The van der Waals surface area contributed by atoms with E-state index in [1.54, 1.807) is 5.38 Å². The Morgan fingerprint density at radius 2 is 1.95 bits per heavy atom. The molecule has 0 spiro atoms. The lowest BCUT2D eigenvalue weighted by molar-refractivity contribution is -0.137. The smallest absolute Gasteiger partial charge is 0.315 e. The number of unbranched alkanes of at least 4 members (excludes halogenated alkanes) is 3. The molecule has 0 fully saturated rings. The number of amides is 2. The van der Waals surface area contributed by atoms with Gasteiger partial charge in [-0.15, -0.1) is 0 Å². The molecule has 8 heteroatoms. The molecule has 0 saturated heterocycles. The molecule has 0 aliphatic heterocycles. The number of hydrogen-bond acceptors (Lipinski definition) is 4. The number of hydrogen-bond donors (Lipinski definition) is 4. The van der Waals surface area contributed by atoms with E-state index in [4.69, 9.17) is 5.11 Å². The minimum absolute atomic E-state index is 0.136. The molecule has 20 heavy (non-hydrogen) atoms. The van der Waals surface area contributed by atoms with Crippen LogP contribution in [-0.4, -0.2) is 28.6 Å². The number of aromatic amines is 1. The summed E-state index contributed by atoms with van der Waals surface area (Å²) in [7, 11) is 0. The number of rotatable bonds is 9. The Balaban J connectivity index is 1.97. The molecule has 0 radical (unpaired) electrons. The van der Waals surface area contributed by atoms with E-state index < -0.39 is 5.97 Å². The molecule has 1 aromatic rings. The summed E-state index contributed by atoms with van der Waals surface area (Å²) < 4.78 is 0. The van der Waals surface area contributed by atoms with Crippen molar-refractivity contribution < 1.29 is 14.7 Å². The molecule has 7 nitrogen and oxygen atoms in total. The first-order valence-corrected chi connectivity index (χ1v) is 7.36. The average molecular weight is 301 g/mol. The Hall–Kier alpha value is -1.83. The summed E-state index contributed by atoms with van der Waals surface area (Å²) >= 11 is 1.06. The fourth-order valence-corrected chi connectivity index (χ4v) is 2.18. The first-order chi connectivity index (χ1) is 9.58. The van der Waals surface area contributed by atoms with Gasteiger partial charge in [0.25, 0.3) is 0 Å². The fraction of sp³-hybridized carbons (Fsp3) is 0.583. The molecule has 0 aliphatic carbocycles. The summed E-state index contributed by atoms with van der Waals surface area (Å²) in [6, 6.07) is -0.275. The Kier molecular flexibility index (Phi) is 7.41. The van der Waals surface area contributed by atoms with E-state index in [0.29, 0.717) is 25.2 Å². The largest absolute Gasteiger partial charge is 0.481 e. The van der Waals surface area contributed by atoms with Crippen molar-refractivity contribution in [1.82, 2.24) is 15.6 Å². The summed E-state index contributed by atoms with van der Waals surface area (Å²) in [4.78, 5) is 35.0. The molecule has 0 saturated carbocycles. The zero-order valence-electron chi connectivity index (χ0n) is 11.1. The number of aliphatic carboxylic acids is 1. The van der Waals surface area contributed by atoms with Crippen LogP contribution in [0.4, 0.5) is 4.79 Å². The van der Waals surface area contributed by atoms with E-state index in [2.05, 4.69) is 15.6 Å². The van der Waals surface area contributed by atoms with Gasteiger partial charge < -0.3 is 20.7 Å². The second kappa shape index (κ2) is 9.13. The van der Waals surface area contributed by atoms with E-state index in [1.165, 1.54) is 0 Å². The molecule has 0 bridgehead atoms. The molecule has 0 aliphatic rings. The maximum absolute atomic E-state index is 11.4. The number of aromatic nitrogens is 1. The fourth-order valence-electron chi connectivity index (χ4n) is 1.60. The second-order valence-electron chi connectivity index (χ2n) is 4.34. The van der Waals surface area contributed by atoms with Crippen LogP contribution in [0, 0.1) is 0 Å². The minimum Gasteiger partial charge on any atom is -0.481 e. The summed E-state index contributed by atoms with van der Waals surface area (Å²) in [6.07, 6.45) is 3.44. The third kappa shape index (κ3) is 7.57. The van der Waals surface area contributed by atoms with Crippen LogP contribution < -0.4 is 15.5 Å². The Bertz CT molecular complexity index is 483. The van der Waals surface area contributed by atoms with Gasteiger partial charge in [0.2, 0.25) is 0 Å². The molecule has 2 amide bonds. The van der Waals surface area contributed by atoms with Crippen molar-refractivity contribution >= 4 is 23.3 Å². The molecule has 1 heterocycles. The number of carbonyl (C=O) groups excluding carboxylic acids is 1. The quantitative estimate of drug-likeness (QED) is 0.515. The van der Waals surface area contributed by atoms with Gasteiger partial charge in [0, 0.05) is 24.0 Å². The summed E-state index contributed by atoms with van der Waals surface area (Å²) in [5.74, 6) is -0.769. The Labute approximate surface area is 120 Å². The van der Waals surface area contributed by atoms with Gasteiger partial charge in [0.05, 0.1) is 6.54 Å². The minimum atomic E-state index is -0.769. The third-order valence-electron chi connectivity index (χ3n) is 2.61. The van der Waals surface area contributed by atoms with E-state index in [-0.39, 0.29) is 17.3 Å². The van der Waals surface area contributed by atoms with Crippen molar-refractivity contribution in [3.8, 4) is 0 Å². The van der Waals surface area contributed by atoms with Crippen molar-refractivity contribution in [3.63, 3.8) is 0 Å². The standard InChI is InChI=1S/C12H19N3O4S/c16-10(17)5-3-1-2-4-6-13-11(18)14-7-9-8-20-12(19)15-9/h8H,1-7H2,(H,15,19)(H,16,17)(H2,13,14,18). The molecule has 1 rings (SSSR count). The van der Waals surface area contributed by atoms with Gasteiger partial charge in [-0.25, -0.2) is 4.79 Å². The highest BCUT2D eigenvalue weighted by Crippen LogP contribution is 2.02. The zero-order valence-corrected chi connectivity index (χ0v) is 11.9. The molecule has 112 valence electrons. The van der Waals surface area contributed by atoms with Crippen LogP contribution >= 0.6 is 11.3 Å². The lowest BCUT2D eigenvalue weighted by Crippen LogP contribution is -2.35. The van der Waals surface area contributed by atoms with Gasteiger partial charge in [-0.05, 0) is 12.8 Å². The first kappa shape index (κ1) is 16.2. The van der Waals surface area contributed by atoms with Crippen molar-refractivity contribution in [2.24, 2.45) is 0 Å². The maximum Gasteiger partial charge on any atom is 0.315 e. The number of nitrogens with one attached hydrogen (secondary N) is 3. The number of carbonyl (C=O) groups is 2. The number of carboxylic acid groups (broad SMARTS) is 1. The van der Waals surface area contributed by atoms with Crippen LogP contribution in [-0.2, 0) is 11.3 Å². The number of thiazole rings is 1. The predicted molar refractivity (Wildman–Crippen MR) is 75.9 cm³/mol. The molecule has 4 N–H and O–H groups in total. The van der Waals surface area contributed by atoms with Crippen LogP contribution in [0.2, 0.25) is 0 Å². The normalized spacial score (nSPS) is 10.2. The summed E-state index contributed by atoms with van der Waals surface area (Å²) in [6.45, 7) is 0.849. The highest BCUT2D eigenvalue weighted by molar-refractivity contribution is 7.07. The van der Waals surface area contributed by atoms with E-state index in [0.717, 1.165) is 30.6 Å². The molecular weight excluding hydrogens is 282 g/mol. The average Bonchev–Trinajstić information content (AvgIpc) is 2.81. The molecule has 1 aromatic heterocycles. The highest BCUT2D eigenvalue weighted by atomic mass is 32.1. The first-order valence-electron chi connectivity index (χ1n) is 6.48. The van der Waals surface area contributed by atoms with Crippen molar-refractivity contribution in [3.05, 3.63) is 20.7 Å². The second-order valence-corrected chi connectivity index (χ2v) is 5.18. The van der Waals surface area contributed by atoms with Crippen molar-refractivity contribution in [2.75, 3.05) is 6.54 Å². The van der Waals surface area contributed by atoms with E-state index in [9.17, 15) is 14.4 Å². The maximum atomic E-state index is 11.4. The summed E-state index contributed by atoms with van der Waals surface area (Å²) in [5, 5.41) is 15.5. The monoisotopic (exact) mass is 301 g/mol. The molecule has 0 unspecified atom stereocenters. The zero-order chi connectivity index (χ0) is 14.8. The van der Waals surface area contributed by atoms with Crippen LogP contribution in [0.3, 0.4) is 0 Å². The molecule has 0 aromatic carbocycles. The van der Waals surface area contributed by atoms with Gasteiger partial charge >= 0.3 is 16.9 Å². The van der Waals surface area contributed by atoms with E-state index in [1.807, 2.05) is 0 Å². The predicted octanol–water partition coefficient (Wildman–Crippen LogP) is 1.27. The highest BCUT2D eigenvalue weighted by Gasteiger charge is 2.01. The third-order valence-corrected chi connectivity index (χ3v) is 3.33. The number of carboxylic acids is 1. The SMILES string of the molecule is O=C(O)CCCCCCNC(=O)NCc1csc(=O)[nH]1. The van der Waals surface area contributed by atoms with Gasteiger partial charge in [0.15, 0.2) is 0 Å². The number of urea groups is 1. The van der Waals surface area contributed by atoms with Crippen molar-refractivity contribution in [2.45, 2.75) is 38.6 Å². The summed E-state index contributed by atoms with van der Waals surface area (Å²) in [5.41, 5.74) is 0.684. The van der Waals surface area contributed by atoms with Gasteiger partial charge in [0.1, 0.15) is 0 Å². The van der Waals surface area contributed by atoms with Crippen LogP contribution in [0.5, 0.6) is 0 Å². The van der Waals surface area contributed by atoms with Crippen LogP contribution in [0.15, 0.2) is 10.2 Å². The Morgan fingerprint density at radius 3 is 2.60 bits per heavy atom. The van der Waals surface area contributed by atoms with Crippen LogP contribution in [0.25, 0.3) is 0 Å². The van der Waals surface area contributed by atoms with Crippen molar-refractivity contribution in [1.29, 1.82) is 0 Å².